The minimum absolute atomic E-state index is 0.0747. The molecule has 0 radical (unpaired) electrons. The van der Waals surface area contributed by atoms with Gasteiger partial charge in [0.15, 0.2) is 11.6 Å². The van der Waals surface area contributed by atoms with Crippen molar-refractivity contribution in [2.45, 2.75) is 26.3 Å². The summed E-state index contributed by atoms with van der Waals surface area (Å²) in [6.45, 7) is 3.82. The van der Waals surface area contributed by atoms with Gasteiger partial charge in [-0.25, -0.2) is 13.6 Å². The van der Waals surface area contributed by atoms with Gasteiger partial charge in [-0.1, -0.05) is 18.2 Å². The Morgan fingerprint density at radius 1 is 1.08 bits per heavy atom. The van der Waals surface area contributed by atoms with Crippen LogP contribution in [-0.4, -0.2) is 25.0 Å². The van der Waals surface area contributed by atoms with E-state index in [0.29, 0.717) is 0 Å². The Bertz CT molecular complexity index is 785. The van der Waals surface area contributed by atoms with E-state index >= 15 is 0 Å². The SMILES string of the molecule is COC(=O)[C@H](Cc1c(C)cccc1C)NC(=O)c1ccc(F)c(F)c1. The molecule has 25 heavy (non-hydrogen) atoms. The number of nitrogens with one attached hydrogen (secondary N) is 1. The van der Waals surface area contributed by atoms with E-state index in [1.54, 1.807) is 0 Å². The molecule has 0 saturated carbocycles. The van der Waals surface area contributed by atoms with Crippen LogP contribution in [0.1, 0.15) is 27.0 Å². The number of benzene rings is 2. The van der Waals surface area contributed by atoms with Crippen molar-refractivity contribution in [3.8, 4) is 0 Å². The van der Waals surface area contributed by atoms with E-state index in [1.807, 2.05) is 32.0 Å². The summed E-state index contributed by atoms with van der Waals surface area (Å²) >= 11 is 0. The van der Waals surface area contributed by atoms with Crippen LogP contribution in [0.3, 0.4) is 0 Å². The maximum absolute atomic E-state index is 13.3. The fourth-order valence-corrected chi connectivity index (χ4v) is 2.59. The van der Waals surface area contributed by atoms with Crippen molar-refractivity contribution >= 4 is 11.9 Å². The molecule has 0 bridgehead atoms. The molecule has 0 aliphatic rings. The first-order valence-corrected chi connectivity index (χ1v) is 7.72. The van der Waals surface area contributed by atoms with Gasteiger partial charge in [-0.05, 0) is 48.7 Å². The molecule has 4 nitrogen and oxygen atoms in total. The fraction of sp³-hybridized carbons (Fsp3) is 0.263. The summed E-state index contributed by atoms with van der Waals surface area (Å²) in [7, 11) is 1.23. The van der Waals surface area contributed by atoms with E-state index in [4.69, 9.17) is 4.74 Å². The van der Waals surface area contributed by atoms with Crippen molar-refractivity contribution in [1.82, 2.24) is 5.32 Å². The number of hydrogen-bond donors (Lipinski definition) is 1. The van der Waals surface area contributed by atoms with Gasteiger partial charge in [0.1, 0.15) is 6.04 Å². The highest BCUT2D eigenvalue weighted by molar-refractivity contribution is 5.96. The van der Waals surface area contributed by atoms with Gasteiger partial charge in [0, 0.05) is 12.0 Å². The lowest BCUT2D eigenvalue weighted by Crippen LogP contribution is -2.43. The molecular weight excluding hydrogens is 328 g/mol. The molecule has 1 amide bonds. The third kappa shape index (κ3) is 4.41. The Morgan fingerprint density at radius 3 is 2.28 bits per heavy atom. The summed E-state index contributed by atoms with van der Waals surface area (Å²) in [5.74, 6) is -3.47. The molecule has 0 saturated heterocycles. The summed E-state index contributed by atoms with van der Waals surface area (Å²) in [6, 6.07) is 7.59. The van der Waals surface area contributed by atoms with Gasteiger partial charge in [-0.2, -0.15) is 0 Å². The van der Waals surface area contributed by atoms with E-state index in [2.05, 4.69) is 5.32 Å². The zero-order valence-corrected chi connectivity index (χ0v) is 14.2. The van der Waals surface area contributed by atoms with Gasteiger partial charge in [0.2, 0.25) is 0 Å². The lowest BCUT2D eigenvalue weighted by atomic mass is 9.96. The normalized spacial score (nSPS) is 11.7. The monoisotopic (exact) mass is 347 g/mol. The van der Waals surface area contributed by atoms with Gasteiger partial charge in [0.05, 0.1) is 7.11 Å². The van der Waals surface area contributed by atoms with Crippen LogP contribution < -0.4 is 5.32 Å². The first-order chi connectivity index (χ1) is 11.8. The van der Waals surface area contributed by atoms with E-state index in [1.165, 1.54) is 7.11 Å². The largest absolute Gasteiger partial charge is 0.467 e. The Hall–Kier alpha value is -2.76. The molecule has 2 rings (SSSR count). The zero-order valence-electron chi connectivity index (χ0n) is 14.2. The minimum atomic E-state index is -1.13. The number of methoxy groups -OCH3 is 1. The predicted octanol–water partition coefficient (Wildman–Crippen LogP) is 3.10. The van der Waals surface area contributed by atoms with Crippen molar-refractivity contribution in [2.24, 2.45) is 0 Å². The van der Waals surface area contributed by atoms with E-state index in [0.717, 1.165) is 34.9 Å². The lowest BCUT2D eigenvalue weighted by molar-refractivity contribution is -0.142. The molecule has 2 aromatic carbocycles. The molecular formula is C19H19F2NO3. The summed E-state index contributed by atoms with van der Waals surface area (Å²) in [6.07, 6.45) is 0.237. The number of esters is 1. The van der Waals surface area contributed by atoms with Crippen LogP contribution in [0.5, 0.6) is 0 Å². The van der Waals surface area contributed by atoms with Gasteiger partial charge >= 0.3 is 5.97 Å². The minimum Gasteiger partial charge on any atom is -0.467 e. The molecule has 0 aromatic heterocycles. The maximum atomic E-state index is 13.3. The van der Waals surface area contributed by atoms with Crippen molar-refractivity contribution in [1.29, 1.82) is 0 Å². The second-order valence-electron chi connectivity index (χ2n) is 5.75. The van der Waals surface area contributed by atoms with Gasteiger partial charge in [-0.15, -0.1) is 0 Å². The zero-order chi connectivity index (χ0) is 18.6. The number of ether oxygens (including phenoxy) is 1. The topological polar surface area (TPSA) is 55.4 Å². The van der Waals surface area contributed by atoms with Crippen LogP contribution in [0.2, 0.25) is 0 Å². The Balaban J connectivity index is 2.24. The third-order valence-electron chi connectivity index (χ3n) is 4.03. The third-order valence-corrected chi connectivity index (χ3v) is 4.03. The molecule has 1 atom stereocenters. The van der Waals surface area contributed by atoms with E-state index in [9.17, 15) is 18.4 Å². The number of carbonyl (C=O) groups excluding carboxylic acids is 2. The number of carbonyl (C=O) groups is 2. The molecule has 6 heteroatoms. The molecule has 0 spiro atoms. The van der Waals surface area contributed by atoms with Crippen LogP contribution in [0.25, 0.3) is 0 Å². The maximum Gasteiger partial charge on any atom is 0.328 e. The molecule has 1 N–H and O–H groups in total. The van der Waals surface area contributed by atoms with Crippen LogP contribution in [0.15, 0.2) is 36.4 Å². The van der Waals surface area contributed by atoms with Crippen molar-refractivity contribution in [3.63, 3.8) is 0 Å². The summed E-state index contributed by atoms with van der Waals surface area (Å²) < 4.78 is 31.1. The summed E-state index contributed by atoms with van der Waals surface area (Å²) in [5, 5.41) is 2.53. The second-order valence-corrected chi connectivity index (χ2v) is 5.75. The van der Waals surface area contributed by atoms with Crippen LogP contribution in [0.4, 0.5) is 8.78 Å². The van der Waals surface area contributed by atoms with E-state index < -0.39 is 29.6 Å². The first-order valence-electron chi connectivity index (χ1n) is 7.72. The first kappa shape index (κ1) is 18.6. The average Bonchev–Trinajstić information content (AvgIpc) is 2.58. The number of halogens is 2. The Kier molecular flexibility index (Phi) is 5.85. The number of aryl methyl sites for hydroxylation is 2. The van der Waals surface area contributed by atoms with Gasteiger partial charge in [-0.3, -0.25) is 4.79 Å². The summed E-state index contributed by atoms with van der Waals surface area (Å²) in [4.78, 5) is 24.3. The Labute approximate surface area is 144 Å². The Morgan fingerprint density at radius 2 is 1.72 bits per heavy atom. The molecule has 0 aliphatic carbocycles. The highest BCUT2D eigenvalue weighted by atomic mass is 19.2. The summed E-state index contributed by atoms with van der Waals surface area (Å²) in [5.41, 5.74) is 2.81. The van der Waals surface area contributed by atoms with Crippen LogP contribution >= 0.6 is 0 Å². The quantitative estimate of drug-likeness (QED) is 0.846. The van der Waals surface area contributed by atoms with E-state index in [-0.39, 0.29) is 12.0 Å². The average molecular weight is 347 g/mol. The smallest absolute Gasteiger partial charge is 0.328 e. The highest BCUT2D eigenvalue weighted by Gasteiger charge is 2.24. The van der Waals surface area contributed by atoms with Crippen molar-refractivity contribution in [2.75, 3.05) is 7.11 Å². The second kappa shape index (κ2) is 7.88. The number of amides is 1. The van der Waals surface area contributed by atoms with Crippen LogP contribution in [0, 0.1) is 25.5 Å². The van der Waals surface area contributed by atoms with Gasteiger partial charge in [0.25, 0.3) is 5.91 Å². The fourth-order valence-electron chi connectivity index (χ4n) is 2.59. The highest BCUT2D eigenvalue weighted by Crippen LogP contribution is 2.16. The predicted molar refractivity (Wildman–Crippen MR) is 89.2 cm³/mol. The molecule has 2 aromatic rings. The van der Waals surface area contributed by atoms with Crippen molar-refractivity contribution in [3.05, 3.63) is 70.3 Å². The molecule has 0 fully saturated rings. The van der Waals surface area contributed by atoms with Crippen LogP contribution in [-0.2, 0) is 16.0 Å². The molecule has 132 valence electrons. The molecule has 0 heterocycles. The standard InChI is InChI=1S/C19H19F2NO3/c1-11-5-4-6-12(2)14(11)10-17(19(24)25-3)22-18(23)13-7-8-15(20)16(21)9-13/h4-9,17H,10H2,1-3H3,(H,22,23)/t17-/m0/s1. The molecule has 0 aliphatic heterocycles. The lowest BCUT2D eigenvalue weighted by Gasteiger charge is -2.19. The van der Waals surface area contributed by atoms with Crippen molar-refractivity contribution < 1.29 is 23.1 Å². The molecule has 0 unspecified atom stereocenters. The number of rotatable bonds is 5. The van der Waals surface area contributed by atoms with Gasteiger partial charge < -0.3 is 10.1 Å². The number of hydrogen-bond acceptors (Lipinski definition) is 3.